The van der Waals surface area contributed by atoms with Crippen LogP contribution in [0, 0.1) is 5.92 Å². The Morgan fingerprint density at radius 3 is 3.00 bits per heavy atom. The van der Waals surface area contributed by atoms with E-state index < -0.39 is 0 Å². The van der Waals surface area contributed by atoms with E-state index in [9.17, 15) is 4.79 Å². The van der Waals surface area contributed by atoms with Crippen molar-refractivity contribution in [3.05, 3.63) is 17.4 Å². The van der Waals surface area contributed by atoms with Gasteiger partial charge in [0.05, 0.1) is 17.3 Å². The zero-order chi connectivity index (χ0) is 13.4. The first-order valence-corrected chi connectivity index (χ1v) is 7.14. The van der Waals surface area contributed by atoms with E-state index in [1.165, 1.54) is 0 Å². The molecule has 1 aliphatic heterocycles. The molecule has 6 heteroatoms. The van der Waals surface area contributed by atoms with Gasteiger partial charge < -0.3 is 9.64 Å². The fourth-order valence-corrected chi connectivity index (χ4v) is 3.44. The van der Waals surface area contributed by atoms with Crippen LogP contribution in [0.5, 0.6) is 0 Å². The number of halogens is 1. The average molecular weight is 284 g/mol. The molecule has 3 rings (SSSR count). The van der Waals surface area contributed by atoms with Crippen molar-refractivity contribution in [3.8, 4) is 0 Å². The molecule has 2 fully saturated rings. The number of rotatable bonds is 4. The molecule has 19 heavy (non-hydrogen) atoms. The molecule has 0 aromatic carbocycles. The normalized spacial score (nSPS) is 29.2. The monoisotopic (exact) mass is 283 g/mol. The zero-order valence-corrected chi connectivity index (χ0v) is 11.7. The van der Waals surface area contributed by atoms with Crippen LogP contribution in [0.25, 0.3) is 0 Å². The molecule has 3 atom stereocenters. The van der Waals surface area contributed by atoms with Gasteiger partial charge in [0.1, 0.15) is 6.54 Å². The molecule has 0 N–H and O–H groups in total. The van der Waals surface area contributed by atoms with E-state index in [4.69, 9.17) is 16.3 Å². The largest absolute Gasteiger partial charge is 0.378 e. The van der Waals surface area contributed by atoms with Crippen LogP contribution >= 0.6 is 11.6 Å². The average Bonchev–Trinajstić information content (AvgIpc) is 3.05. The van der Waals surface area contributed by atoms with E-state index in [1.54, 1.807) is 17.1 Å². The fourth-order valence-electron chi connectivity index (χ4n) is 3.28. The summed E-state index contributed by atoms with van der Waals surface area (Å²) in [5.74, 6) is 0.636. The summed E-state index contributed by atoms with van der Waals surface area (Å²) in [6.07, 6.45) is 5.63. The molecule has 2 unspecified atom stereocenters. The first-order valence-electron chi connectivity index (χ1n) is 6.76. The second-order valence-electron chi connectivity index (χ2n) is 5.28. The first kappa shape index (κ1) is 12.9. The second-order valence-corrected chi connectivity index (χ2v) is 5.72. The molecule has 104 valence electrons. The van der Waals surface area contributed by atoms with Gasteiger partial charge in [-0.25, -0.2) is 0 Å². The highest BCUT2D eigenvalue weighted by Gasteiger charge is 2.46. The van der Waals surface area contributed by atoms with Gasteiger partial charge in [-0.2, -0.15) is 5.10 Å². The summed E-state index contributed by atoms with van der Waals surface area (Å²) in [4.78, 5) is 14.2. The van der Waals surface area contributed by atoms with Crippen LogP contribution in [0.1, 0.15) is 19.8 Å². The number of hydrogen-bond donors (Lipinski definition) is 0. The predicted octanol–water partition coefficient (Wildman–Crippen LogP) is 1.56. The maximum Gasteiger partial charge on any atom is 0.244 e. The zero-order valence-electron chi connectivity index (χ0n) is 11.0. The number of aromatic nitrogens is 2. The molecule has 1 aromatic heterocycles. The summed E-state index contributed by atoms with van der Waals surface area (Å²) in [5.41, 5.74) is 0. The Bertz CT molecular complexity index is 476. The lowest BCUT2D eigenvalue weighted by Crippen LogP contribution is -2.43. The third-order valence-corrected chi connectivity index (χ3v) is 4.27. The highest BCUT2D eigenvalue weighted by molar-refractivity contribution is 6.30. The first-order chi connectivity index (χ1) is 9.17. The van der Waals surface area contributed by atoms with Crippen molar-refractivity contribution >= 4 is 17.5 Å². The van der Waals surface area contributed by atoms with Gasteiger partial charge in [0.15, 0.2) is 0 Å². The molecule has 1 saturated carbocycles. The van der Waals surface area contributed by atoms with E-state index in [0.29, 0.717) is 23.1 Å². The summed E-state index contributed by atoms with van der Waals surface area (Å²) >= 11 is 5.80. The number of piperidine rings is 1. The molecule has 2 heterocycles. The SMILES string of the molecule is CCO[C@H]1CC2CC1CN2C(=O)Cn1cc(Cl)cn1. The molecular formula is C13H18ClN3O2. The molecular weight excluding hydrogens is 266 g/mol. The number of hydrogen-bond acceptors (Lipinski definition) is 3. The highest BCUT2D eigenvalue weighted by Crippen LogP contribution is 2.39. The van der Waals surface area contributed by atoms with Crippen LogP contribution in [-0.4, -0.2) is 45.9 Å². The smallest absolute Gasteiger partial charge is 0.244 e. The van der Waals surface area contributed by atoms with Crippen molar-refractivity contribution in [2.45, 2.75) is 38.5 Å². The van der Waals surface area contributed by atoms with Gasteiger partial charge in [-0.15, -0.1) is 0 Å². The van der Waals surface area contributed by atoms with Crippen molar-refractivity contribution in [3.63, 3.8) is 0 Å². The Hall–Kier alpha value is -1.07. The maximum absolute atomic E-state index is 12.3. The van der Waals surface area contributed by atoms with Crippen LogP contribution in [0.15, 0.2) is 12.4 Å². The van der Waals surface area contributed by atoms with Crippen LogP contribution in [0.4, 0.5) is 0 Å². The number of carbonyl (C=O) groups excluding carboxylic acids is 1. The Balaban J connectivity index is 1.59. The molecule has 1 aliphatic carbocycles. The molecule has 5 nitrogen and oxygen atoms in total. The van der Waals surface area contributed by atoms with E-state index in [0.717, 1.165) is 26.0 Å². The molecule has 0 spiro atoms. The van der Waals surface area contributed by atoms with Gasteiger partial charge >= 0.3 is 0 Å². The maximum atomic E-state index is 12.3. The number of nitrogens with zero attached hydrogens (tertiary/aromatic N) is 3. The van der Waals surface area contributed by atoms with E-state index in [-0.39, 0.29) is 12.5 Å². The van der Waals surface area contributed by atoms with Gasteiger partial charge in [-0.05, 0) is 19.8 Å². The molecule has 0 radical (unpaired) electrons. The Kier molecular flexibility index (Phi) is 3.50. The lowest BCUT2D eigenvalue weighted by Gasteiger charge is -2.31. The molecule has 1 aromatic rings. The van der Waals surface area contributed by atoms with Crippen LogP contribution < -0.4 is 0 Å². The van der Waals surface area contributed by atoms with E-state index in [2.05, 4.69) is 5.10 Å². The molecule has 2 aliphatic rings. The van der Waals surface area contributed by atoms with Crippen LogP contribution in [0.2, 0.25) is 5.02 Å². The number of likely N-dealkylation sites (tertiary alicyclic amines) is 1. The minimum Gasteiger partial charge on any atom is -0.378 e. The van der Waals surface area contributed by atoms with Crippen molar-refractivity contribution < 1.29 is 9.53 Å². The lowest BCUT2D eigenvalue weighted by atomic mass is 10.1. The van der Waals surface area contributed by atoms with Crippen molar-refractivity contribution in [1.82, 2.24) is 14.7 Å². The van der Waals surface area contributed by atoms with Gasteiger partial charge in [-0.1, -0.05) is 11.6 Å². The topological polar surface area (TPSA) is 47.4 Å². The fraction of sp³-hybridized carbons (Fsp3) is 0.692. The van der Waals surface area contributed by atoms with E-state index >= 15 is 0 Å². The standard InChI is InChI=1S/C13H18ClN3O2/c1-2-19-12-4-11-3-9(12)6-17(11)13(18)8-16-7-10(14)5-15-16/h5,7,9,11-12H,2-4,6,8H2,1H3/t9?,11?,12-/m0/s1. The Morgan fingerprint density at radius 1 is 1.58 bits per heavy atom. The third kappa shape index (κ3) is 2.49. The molecule has 1 saturated heterocycles. The van der Waals surface area contributed by atoms with Crippen LogP contribution in [-0.2, 0) is 16.1 Å². The van der Waals surface area contributed by atoms with Crippen LogP contribution in [0.3, 0.4) is 0 Å². The van der Waals surface area contributed by atoms with Crippen molar-refractivity contribution in [1.29, 1.82) is 0 Å². The summed E-state index contributed by atoms with van der Waals surface area (Å²) in [5, 5.41) is 4.61. The summed E-state index contributed by atoms with van der Waals surface area (Å²) in [7, 11) is 0. The highest BCUT2D eigenvalue weighted by atomic mass is 35.5. The predicted molar refractivity (Wildman–Crippen MR) is 70.9 cm³/mol. The quantitative estimate of drug-likeness (QED) is 0.843. The van der Waals surface area contributed by atoms with Gasteiger partial charge in [0, 0.05) is 31.3 Å². The van der Waals surface area contributed by atoms with Gasteiger partial charge in [0.25, 0.3) is 0 Å². The molecule has 2 bridgehead atoms. The second kappa shape index (κ2) is 5.13. The minimum absolute atomic E-state index is 0.127. The summed E-state index contributed by atoms with van der Waals surface area (Å²) < 4.78 is 7.31. The van der Waals surface area contributed by atoms with Crippen molar-refractivity contribution in [2.75, 3.05) is 13.2 Å². The number of carbonyl (C=O) groups is 1. The number of ether oxygens (including phenoxy) is 1. The molecule has 1 amide bonds. The number of amides is 1. The van der Waals surface area contributed by atoms with Crippen molar-refractivity contribution in [2.24, 2.45) is 5.92 Å². The number of fused-ring (bicyclic) bond motifs is 2. The van der Waals surface area contributed by atoms with E-state index in [1.807, 2.05) is 11.8 Å². The summed E-state index contributed by atoms with van der Waals surface area (Å²) in [6.45, 7) is 3.88. The summed E-state index contributed by atoms with van der Waals surface area (Å²) in [6, 6.07) is 0.347. The third-order valence-electron chi connectivity index (χ3n) is 4.08. The minimum atomic E-state index is 0.127. The Labute approximate surface area is 117 Å². The Morgan fingerprint density at radius 2 is 2.42 bits per heavy atom. The lowest BCUT2D eigenvalue weighted by molar-refractivity contribution is -0.135. The van der Waals surface area contributed by atoms with Gasteiger partial charge in [-0.3, -0.25) is 9.48 Å². The van der Waals surface area contributed by atoms with Gasteiger partial charge in [0.2, 0.25) is 5.91 Å².